The summed E-state index contributed by atoms with van der Waals surface area (Å²) >= 11 is 1.16. The topological polar surface area (TPSA) is 66.4 Å². The van der Waals surface area contributed by atoms with Gasteiger partial charge in [0.25, 0.3) is 10.0 Å². The molecular weight excluding hydrogens is 282 g/mol. The number of thiophene rings is 1. The van der Waals surface area contributed by atoms with Crippen molar-refractivity contribution in [2.24, 2.45) is 0 Å². The first-order valence-corrected chi connectivity index (χ1v) is 7.74. The van der Waals surface area contributed by atoms with Gasteiger partial charge in [0.1, 0.15) is 10.8 Å². The molecule has 0 atom stereocenters. The van der Waals surface area contributed by atoms with Crippen LogP contribution in [0.25, 0.3) is 0 Å². The lowest BCUT2D eigenvalue weighted by atomic mass is 10.2. The van der Waals surface area contributed by atoms with Crippen LogP contribution in [0.15, 0.2) is 46.0 Å². The third-order valence-corrected chi connectivity index (χ3v) is 4.97. The Morgan fingerprint density at radius 2 is 2.11 bits per heavy atom. The monoisotopic (exact) mass is 293 g/mol. The summed E-state index contributed by atoms with van der Waals surface area (Å²) in [5.74, 6) is 5.24. The van der Waals surface area contributed by atoms with Crippen molar-refractivity contribution >= 4 is 27.0 Å². The molecule has 2 rings (SSSR count). The Morgan fingerprint density at radius 3 is 2.79 bits per heavy atom. The van der Waals surface area contributed by atoms with Crippen LogP contribution in [0.4, 0.5) is 5.69 Å². The van der Waals surface area contributed by atoms with Gasteiger partial charge in [-0.25, -0.2) is 8.42 Å². The van der Waals surface area contributed by atoms with Gasteiger partial charge in [-0.05, 0) is 29.6 Å². The van der Waals surface area contributed by atoms with Gasteiger partial charge in [-0.2, -0.15) is 0 Å². The summed E-state index contributed by atoms with van der Waals surface area (Å²) in [6, 6.07) is 9.94. The van der Waals surface area contributed by atoms with E-state index in [1.807, 2.05) is 0 Å². The Labute approximate surface area is 115 Å². The third-order valence-electron chi connectivity index (χ3n) is 2.19. The quantitative estimate of drug-likeness (QED) is 0.849. The summed E-state index contributed by atoms with van der Waals surface area (Å²) in [6.07, 6.45) is 0. The van der Waals surface area contributed by atoms with Gasteiger partial charge in [-0.15, -0.1) is 11.3 Å². The Kier molecular flexibility index (Phi) is 4.22. The molecule has 0 aliphatic heterocycles. The highest BCUT2D eigenvalue weighted by atomic mass is 32.2. The summed E-state index contributed by atoms with van der Waals surface area (Å²) in [7, 11) is -3.54. The SMILES string of the molecule is O=S(=O)(Nc1cccc(C#CCO)c1)c1cccs1. The number of hydrogen-bond acceptors (Lipinski definition) is 4. The molecule has 98 valence electrons. The van der Waals surface area contributed by atoms with Crippen LogP contribution < -0.4 is 4.72 Å². The maximum Gasteiger partial charge on any atom is 0.271 e. The average Bonchev–Trinajstić information content (AvgIpc) is 2.91. The minimum absolute atomic E-state index is 0.231. The molecule has 0 aliphatic carbocycles. The number of benzene rings is 1. The van der Waals surface area contributed by atoms with Crippen molar-refractivity contribution in [2.45, 2.75) is 4.21 Å². The molecule has 2 N–H and O–H groups in total. The molecule has 6 heteroatoms. The number of hydrogen-bond donors (Lipinski definition) is 2. The summed E-state index contributed by atoms with van der Waals surface area (Å²) in [4.78, 5) is 0. The molecule has 1 aromatic heterocycles. The first-order valence-electron chi connectivity index (χ1n) is 5.38. The lowest BCUT2D eigenvalue weighted by molar-refractivity contribution is 0.350. The Morgan fingerprint density at radius 1 is 1.26 bits per heavy atom. The molecule has 0 saturated carbocycles. The van der Waals surface area contributed by atoms with E-state index >= 15 is 0 Å². The molecule has 0 unspecified atom stereocenters. The van der Waals surface area contributed by atoms with Crippen LogP contribution in [0.2, 0.25) is 0 Å². The fourth-order valence-electron chi connectivity index (χ4n) is 1.42. The van der Waals surface area contributed by atoms with E-state index in [0.717, 1.165) is 11.3 Å². The second-order valence-electron chi connectivity index (χ2n) is 3.58. The van der Waals surface area contributed by atoms with Crippen LogP contribution in [0, 0.1) is 11.8 Å². The van der Waals surface area contributed by atoms with Gasteiger partial charge >= 0.3 is 0 Å². The van der Waals surface area contributed by atoms with Crippen molar-refractivity contribution in [3.63, 3.8) is 0 Å². The number of rotatable bonds is 3. The number of anilines is 1. The highest BCUT2D eigenvalue weighted by Gasteiger charge is 2.14. The van der Waals surface area contributed by atoms with Gasteiger partial charge in [0.15, 0.2) is 0 Å². The predicted molar refractivity (Wildman–Crippen MR) is 75.5 cm³/mol. The molecule has 0 aliphatic rings. The van der Waals surface area contributed by atoms with Crippen LogP contribution in [-0.4, -0.2) is 20.1 Å². The number of aliphatic hydroxyl groups is 1. The second-order valence-corrected chi connectivity index (χ2v) is 6.44. The van der Waals surface area contributed by atoms with E-state index in [9.17, 15) is 8.42 Å². The van der Waals surface area contributed by atoms with E-state index < -0.39 is 10.0 Å². The Bertz CT molecular complexity index is 710. The highest BCUT2D eigenvalue weighted by molar-refractivity contribution is 7.94. The highest BCUT2D eigenvalue weighted by Crippen LogP contribution is 2.20. The minimum Gasteiger partial charge on any atom is -0.384 e. The number of sulfonamides is 1. The third kappa shape index (κ3) is 3.58. The maximum atomic E-state index is 12.0. The van der Waals surface area contributed by atoms with E-state index in [0.29, 0.717) is 11.3 Å². The van der Waals surface area contributed by atoms with Crippen molar-refractivity contribution in [1.82, 2.24) is 0 Å². The zero-order chi connectivity index (χ0) is 13.7. The van der Waals surface area contributed by atoms with Gasteiger partial charge in [0.2, 0.25) is 0 Å². The summed E-state index contributed by atoms with van der Waals surface area (Å²) in [5, 5.41) is 10.3. The Balaban J connectivity index is 2.25. The molecule has 0 spiro atoms. The van der Waals surface area contributed by atoms with Gasteiger partial charge < -0.3 is 5.11 Å². The first kappa shape index (κ1) is 13.6. The zero-order valence-corrected chi connectivity index (χ0v) is 11.5. The molecule has 2 aromatic rings. The maximum absolute atomic E-state index is 12.0. The van der Waals surface area contributed by atoms with Crippen molar-refractivity contribution < 1.29 is 13.5 Å². The van der Waals surface area contributed by atoms with Gasteiger partial charge in [-0.3, -0.25) is 4.72 Å². The van der Waals surface area contributed by atoms with Crippen LogP contribution in [0.5, 0.6) is 0 Å². The van der Waals surface area contributed by atoms with Crippen LogP contribution >= 0.6 is 11.3 Å². The fraction of sp³-hybridized carbons (Fsp3) is 0.0769. The molecule has 0 fully saturated rings. The van der Waals surface area contributed by atoms with E-state index in [1.165, 1.54) is 0 Å². The van der Waals surface area contributed by atoms with Crippen LogP contribution in [-0.2, 0) is 10.0 Å². The summed E-state index contributed by atoms with van der Waals surface area (Å²) in [5.41, 5.74) is 1.08. The molecule has 1 aromatic carbocycles. The lowest BCUT2D eigenvalue weighted by Gasteiger charge is -2.06. The zero-order valence-electron chi connectivity index (χ0n) is 9.83. The number of aliphatic hydroxyl groups excluding tert-OH is 1. The summed E-state index contributed by atoms with van der Waals surface area (Å²) < 4.78 is 26.8. The van der Waals surface area contributed by atoms with Crippen LogP contribution in [0.1, 0.15) is 5.56 Å². The molecule has 19 heavy (non-hydrogen) atoms. The summed E-state index contributed by atoms with van der Waals surface area (Å²) in [6.45, 7) is -0.231. The average molecular weight is 293 g/mol. The predicted octanol–water partition coefficient (Wildman–Crippen LogP) is 1.89. The minimum atomic E-state index is -3.54. The van der Waals surface area contributed by atoms with Crippen molar-refractivity contribution in [2.75, 3.05) is 11.3 Å². The van der Waals surface area contributed by atoms with Gasteiger partial charge in [0, 0.05) is 5.56 Å². The first-order chi connectivity index (χ1) is 9.12. The van der Waals surface area contributed by atoms with Gasteiger partial charge in [-0.1, -0.05) is 24.0 Å². The molecular formula is C13H11NO3S2. The van der Waals surface area contributed by atoms with Crippen LogP contribution in [0.3, 0.4) is 0 Å². The van der Waals surface area contributed by atoms with E-state index in [2.05, 4.69) is 16.6 Å². The van der Waals surface area contributed by atoms with E-state index in [1.54, 1.807) is 41.8 Å². The largest absolute Gasteiger partial charge is 0.384 e. The number of nitrogens with one attached hydrogen (secondary N) is 1. The molecule has 0 amide bonds. The van der Waals surface area contributed by atoms with Crippen molar-refractivity contribution in [3.05, 3.63) is 47.3 Å². The van der Waals surface area contributed by atoms with Crippen molar-refractivity contribution in [3.8, 4) is 11.8 Å². The Hall–Kier alpha value is -1.81. The van der Waals surface area contributed by atoms with Gasteiger partial charge in [0.05, 0.1) is 5.69 Å². The molecule has 0 saturated heterocycles. The molecule has 0 radical (unpaired) electrons. The van der Waals surface area contributed by atoms with E-state index in [-0.39, 0.29) is 10.8 Å². The molecule has 1 heterocycles. The van der Waals surface area contributed by atoms with E-state index in [4.69, 9.17) is 5.11 Å². The second kappa shape index (κ2) is 5.89. The molecule has 0 bridgehead atoms. The lowest BCUT2D eigenvalue weighted by Crippen LogP contribution is -2.11. The normalized spacial score (nSPS) is 10.6. The fourth-order valence-corrected chi connectivity index (χ4v) is 3.47. The smallest absolute Gasteiger partial charge is 0.271 e. The van der Waals surface area contributed by atoms with Crippen molar-refractivity contribution in [1.29, 1.82) is 0 Å². The standard InChI is InChI=1S/C13H11NO3S2/c15-8-2-5-11-4-1-6-12(10-11)14-19(16,17)13-7-3-9-18-13/h1,3-4,6-7,9-10,14-15H,8H2. The molecule has 4 nitrogen and oxygen atoms in total.